The van der Waals surface area contributed by atoms with Crippen LogP contribution in [-0.2, 0) is 14.3 Å². The van der Waals surface area contributed by atoms with Gasteiger partial charge < -0.3 is 29.7 Å². The molecule has 5 N–H and O–H groups in total. The predicted octanol–water partition coefficient (Wildman–Crippen LogP) is -1.50. The number of aliphatic imine (C=N–C) groups is 1. The van der Waals surface area contributed by atoms with Crippen LogP contribution in [0.4, 0.5) is 0 Å². The lowest BCUT2D eigenvalue weighted by atomic mass is 9.97. The Morgan fingerprint density at radius 3 is 2.58 bits per heavy atom. The molecule has 0 saturated carbocycles. The number of rotatable bonds is 3. The monoisotopic (exact) mass is 345 g/mol. The van der Waals surface area contributed by atoms with E-state index in [2.05, 4.69) is 4.99 Å². The Hall–Kier alpha value is -1.72. The summed E-state index contributed by atoms with van der Waals surface area (Å²) in [6, 6.07) is 0. The number of hydroxylamine groups is 1. The molecular weight excluding hydrogens is 322 g/mol. The molecule has 10 nitrogen and oxygen atoms in total. The van der Waals surface area contributed by atoms with Gasteiger partial charge in [0, 0.05) is 6.20 Å². The quantitative estimate of drug-likeness (QED) is 0.305. The molecular formula is C14H23N3O7. The van der Waals surface area contributed by atoms with Crippen LogP contribution in [0.5, 0.6) is 0 Å². The molecule has 136 valence electrons. The van der Waals surface area contributed by atoms with Gasteiger partial charge in [-0.1, -0.05) is 0 Å². The van der Waals surface area contributed by atoms with Crippen molar-refractivity contribution in [3.8, 4) is 0 Å². The summed E-state index contributed by atoms with van der Waals surface area (Å²) >= 11 is 0. The fourth-order valence-corrected chi connectivity index (χ4v) is 2.24. The molecule has 0 aliphatic carbocycles. The van der Waals surface area contributed by atoms with Crippen LogP contribution in [0.2, 0.25) is 0 Å². The third-order valence-electron chi connectivity index (χ3n) is 3.66. The summed E-state index contributed by atoms with van der Waals surface area (Å²) in [5.74, 6) is -0.431. The Labute approximate surface area is 139 Å². The lowest BCUT2D eigenvalue weighted by Gasteiger charge is -2.33. The minimum atomic E-state index is -1.42. The molecule has 24 heavy (non-hydrogen) atoms. The van der Waals surface area contributed by atoms with Crippen molar-refractivity contribution < 1.29 is 34.8 Å². The van der Waals surface area contributed by atoms with Crippen molar-refractivity contribution in [2.45, 2.75) is 51.7 Å². The zero-order chi connectivity index (χ0) is 18.1. The van der Waals surface area contributed by atoms with E-state index in [0.29, 0.717) is 0 Å². The number of hydrogen-bond donors (Lipinski definition) is 5. The van der Waals surface area contributed by atoms with Crippen molar-refractivity contribution in [2.75, 3.05) is 6.61 Å². The molecule has 1 unspecified atom stereocenters. The summed E-state index contributed by atoms with van der Waals surface area (Å²) in [6.07, 6.45) is -3.41. The Morgan fingerprint density at radius 1 is 1.38 bits per heavy atom. The molecule has 1 fully saturated rings. The van der Waals surface area contributed by atoms with Gasteiger partial charge in [0.1, 0.15) is 24.9 Å². The first-order valence-electron chi connectivity index (χ1n) is 7.45. The van der Waals surface area contributed by atoms with Crippen LogP contribution in [0, 0.1) is 5.41 Å². The lowest BCUT2D eigenvalue weighted by molar-refractivity contribution is -0.163. The van der Waals surface area contributed by atoms with E-state index in [9.17, 15) is 20.1 Å². The zero-order valence-electron chi connectivity index (χ0n) is 13.7. The van der Waals surface area contributed by atoms with Gasteiger partial charge in [-0.15, -0.1) is 0 Å². The second-order valence-electron chi connectivity index (χ2n) is 6.63. The van der Waals surface area contributed by atoms with Crippen molar-refractivity contribution in [3.05, 3.63) is 12.3 Å². The number of ether oxygens (including phenoxy) is 2. The van der Waals surface area contributed by atoms with Crippen LogP contribution in [0.15, 0.2) is 17.3 Å². The molecule has 0 aromatic rings. The average Bonchev–Trinajstić information content (AvgIpc) is 2.79. The number of nitrogens with zero attached hydrogens (tertiary/aromatic N) is 2. The highest BCUT2D eigenvalue weighted by atomic mass is 16.6. The topological polar surface area (TPSA) is 144 Å². The fraction of sp³-hybridized carbons (Fsp3) is 0.714. The molecule has 2 aliphatic heterocycles. The van der Waals surface area contributed by atoms with E-state index in [0.717, 1.165) is 0 Å². The van der Waals surface area contributed by atoms with E-state index >= 15 is 0 Å². The summed E-state index contributed by atoms with van der Waals surface area (Å²) in [6.45, 7) is 4.85. The van der Waals surface area contributed by atoms with Gasteiger partial charge >= 0.3 is 5.97 Å². The first-order chi connectivity index (χ1) is 11.1. The average molecular weight is 345 g/mol. The highest BCUT2D eigenvalue weighted by molar-refractivity contribution is 5.92. The van der Waals surface area contributed by atoms with Crippen molar-refractivity contribution in [1.82, 2.24) is 10.4 Å². The van der Waals surface area contributed by atoms with Crippen LogP contribution in [-0.4, -0.2) is 74.7 Å². The second kappa shape index (κ2) is 7.03. The molecule has 2 heterocycles. The summed E-state index contributed by atoms with van der Waals surface area (Å²) in [4.78, 5) is 16.7. The Bertz CT molecular complexity index is 531. The lowest BCUT2D eigenvalue weighted by Crippen LogP contribution is -2.47. The fourth-order valence-electron chi connectivity index (χ4n) is 2.24. The normalized spacial score (nSPS) is 33.4. The molecule has 0 aromatic carbocycles. The first kappa shape index (κ1) is 18.6. The van der Waals surface area contributed by atoms with Gasteiger partial charge in [-0.3, -0.25) is 15.5 Å². The van der Waals surface area contributed by atoms with Gasteiger partial charge in [0.05, 0.1) is 5.41 Å². The molecule has 0 spiro atoms. The Morgan fingerprint density at radius 2 is 2.04 bits per heavy atom. The number of carbonyl (C=O) groups excluding carboxylic acids is 1. The smallest absolute Gasteiger partial charge is 0.311 e. The van der Waals surface area contributed by atoms with Crippen LogP contribution in [0.1, 0.15) is 20.8 Å². The minimum absolute atomic E-state index is 0.0300. The molecule has 0 bridgehead atoms. The molecule has 2 rings (SSSR count). The minimum Gasteiger partial charge on any atom is -0.462 e. The number of carbonyl (C=O) groups is 1. The van der Waals surface area contributed by atoms with Crippen molar-refractivity contribution in [2.24, 2.45) is 10.4 Å². The van der Waals surface area contributed by atoms with Gasteiger partial charge in [-0.05, 0) is 26.8 Å². The number of amidine groups is 1. The molecule has 0 amide bonds. The van der Waals surface area contributed by atoms with Gasteiger partial charge in [0.2, 0.25) is 6.35 Å². The van der Waals surface area contributed by atoms with Crippen LogP contribution < -0.4 is 5.48 Å². The van der Waals surface area contributed by atoms with E-state index in [4.69, 9.17) is 14.7 Å². The first-order valence-corrected chi connectivity index (χ1v) is 7.45. The van der Waals surface area contributed by atoms with E-state index in [-0.39, 0.29) is 12.4 Å². The largest absolute Gasteiger partial charge is 0.462 e. The third kappa shape index (κ3) is 3.84. The number of hydrogen-bond acceptors (Lipinski definition) is 10. The summed E-state index contributed by atoms with van der Waals surface area (Å²) < 4.78 is 10.6. The van der Waals surface area contributed by atoms with Crippen LogP contribution >= 0.6 is 0 Å². The van der Waals surface area contributed by atoms with Gasteiger partial charge in [-0.2, -0.15) is 0 Å². The molecule has 2 aliphatic rings. The number of esters is 1. The van der Waals surface area contributed by atoms with Crippen molar-refractivity contribution in [1.29, 1.82) is 0 Å². The summed E-state index contributed by atoms with van der Waals surface area (Å²) in [7, 11) is 0. The van der Waals surface area contributed by atoms with E-state index in [1.807, 2.05) is 0 Å². The number of aliphatic hydroxyl groups is 3. The van der Waals surface area contributed by atoms with E-state index in [1.165, 1.54) is 17.2 Å². The van der Waals surface area contributed by atoms with E-state index < -0.39 is 42.3 Å². The highest BCUT2D eigenvalue weighted by Gasteiger charge is 2.47. The van der Waals surface area contributed by atoms with Gasteiger partial charge in [-0.25, -0.2) is 4.99 Å². The van der Waals surface area contributed by atoms with Crippen LogP contribution in [0.3, 0.4) is 0 Å². The predicted molar refractivity (Wildman–Crippen MR) is 80.4 cm³/mol. The zero-order valence-corrected chi connectivity index (χ0v) is 13.7. The van der Waals surface area contributed by atoms with Crippen molar-refractivity contribution in [3.63, 3.8) is 0 Å². The van der Waals surface area contributed by atoms with Gasteiger partial charge in [0.25, 0.3) is 0 Å². The maximum Gasteiger partial charge on any atom is 0.311 e. The Kier molecular flexibility index (Phi) is 5.45. The van der Waals surface area contributed by atoms with Crippen molar-refractivity contribution >= 4 is 11.8 Å². The SMILES string of the molecule is CC(C)(C)C(=O)OC[C@H]1O[C@@H](N2C=CC(NO)=NC2O)[C@H](O)[C@@H]1O. The third-order valence-corrected chi connectivity index (χ3v) is 3.66. The summed E-state index contributed by atoms with van der Waals surface area (Å²) in [5.41, 5.74) is 1.09. The Balaban J connectivity index is 1.99. The molecule has 1 saturated heterocycles. The maximum absolute atomic E-state index is 11.8. The standard InChI is InChI=1S/C14H23N3O7/c1-14(2,3)12(20)23-6-7-9(18)10(19)11(24-7)17-5-4-8(16-22)15-13(17)21/h4-5,7,9-11,13,18-19,21-22H,6H2,1-3H3,(H,15,16)/t7-,9-,10-,11-,13?/m1/s1. The molecule has 5 atom stereocenters. The highest BCUT2D eigenvalue weighted by Crippen LogP contribution is 2.27. The van der Waals surface area contributed by atoms with Gasteiger partial charge in [0.15, 0.2) is 12.1 Å². The molecule has 0 radical (unpaired) electrons. The number of aliphatic hydroxyl groups excluding tert-OH is 3. The van der Waals surface area contributed by atoms with E-state index in [1.54, 1.807) is 26.3 Å². The second-order valence-corrected chi connectivity index (χ2v) is 6.63. The molecule has 10 heteroatoms. The van der Waals surface area contributed by atoms with Crippen LogP contribution in [0.25, 0.3) is 0 Å². The molecule has 0 aromatic heterocycles. The summed E-state index contributed by atoms with van der Waals surface area (Å²) in [5, 5.41) is 38.9. The maximum atomic E-state index is 11.8. The number of nitrogens with one attached hydrogen (secondary N) is 1.